The highest BCUT2D eigenvalue weighted by Gasteiger charge is 2.28. The fraction of sp³-hybridized carbons (Fsp3) is 0.412. The number of nitrogens with zero attached hydrogens (tertiary/aromatic N) is 2. The first-order chi connectivity index (χ1) is 14.8. The van der Waals surface area contributed by atoms with Gasteiger partial charge in [-0.3, -0.25) is 19.2 Å². The molecule has 31 heavy (non-hydrogen) atoms. The van der Waals surface area contributed by atoms with E-state index in [-0.39, 0.29) is 18.6 Å². The Morgan fingerprint density at radius 2 is 1.55 bits per heavy atom. The summed E-state index contributed by atoms with van der Waals surface area (Å²) < 4.78 is 0. The minimum atomic E-state index is -1.23. The normalized spacial score (nSPS) is 13.6. The van der Waals surface area contributed by atoms with Crippen molar-refractivity contribution in [1.82, 2.24) is 35.9 Å². The highest BCUT2D eigenvalue weighted by molar-refractivity contribution is 7.80. The topological polar surface area (TPSA) is 208 Å². The standard InChI is InChI=1S/C17H24N8O5S/c18-11(1-9-3-19-7-22-9)15(28)25-13(6-31)17(30)24-12(2-10-4-20-8-23-10)16(29)21-5-14(26)27/h3-4,7-8,11-13,31H,1-2,5-6,18H2,(H,19,22)(H,20,23)(H,21,29)(H,24,30)(H,25,28)(H,26,27). The molecule has 2 rings (SSSR count). The molecule has 3 unspecified atom stereocenters. The molecule has 14 heteroatoms. The number of thiol groups is 1. The SMILES string of the molecule is NC(Cc1cnc[nH]1)C(=O)NC(CS)C(=O)NC(Cc1cnc[nH]1)C(=O)NCC(=O)O. The molecule has 0 aromatic carbocycles. The third-order valence-electron chi connectivity index (χ3n) is 4.17. The maximum Gasteiger partial charge on any atom is 0.322 e. The molecule has 0 saturated heterocycles. The zero-order chi connectivity index (χ0) is 22.8. The molecule has 13 nitrogen and oxygen atoms in total. The van der Waals surface area contributed by atoms with Crippen molar-refractivity contribution in [2.24, 2.45) is 5.73 Å². The van der Waals surface area contributed by atoms with Gasteiger partial charge in [0.2, 0.25) is 17.7 Å². The van der Waals surface area contributed by atoms with Gasteiger partial charge in [0, 0.05) is 42.4 Å². The molecule has 0 aliphatic carbocycles. The Morgan fingerprint density at radius 3 is 2.06 bits per heavy atom. The number of rotatable bonds is 12. The van der Waals surface area contributed by atoms with Crippen LogP contribution in [0.25, 0.3) is 0 Å². The van der Waals surface area contributed by atoms with Gasteiger partial charge in [-0.25, -0.2) is 9.97 Å². The number of H-pyrrole nitrogens is 2. The van der Waals surface area contributed by atoms with Crippen molar-refractivity contribution in [3.8, 4) is 0 Å². The smallest absolute Gasteiger partial charge is 0.322 e. The second-order valence-corrected chi connectivity index (χ2v) is 6.95. The van der Waals surface area contributed by atoms with Gasteiger partial charge in [-0.1, -0.05) is 0 Å². The largest absolute Gasteiger partial charge is 0.480 e. The summed E-state index contributed by atoms with van der Waals surface area (Å²) in [6.45, 7) is -0.608. The molecular formula is C17H24N8O5S. The molecule has 2 aromatic heterocycles. The highest BCUT2D eigenvalue weighted by Crippen LogP contribution is 2.02. The van der Waals surface area contributed by atoms with Gasteiger partial charge in [0.25, 0.3) is 0 Å². The minimum absolute atomic E-state index is 0.0315. The molecule has 0 spiro atoms. The number of aromatic nitrogens is 4. The summed E-state index contributed by atoms with van der Waals surface area (Å²) in [6.07, 6.45) is 6.08. The van der Waals surface area contributed by atoms with Crippen molar-refractivity contribution in [2.75, 3.05) is 12.3 Å². The molecule has 3 atom stereocenters. The van der Waals surface area contributed by atoms with Gasteiger partial charge in [0.15, 0.2) is 0 Å². The number of nitrogens with two attached hydrogens (primary N) is 1. The molecule has 168 valence electrons. The number of aromatic amines is 2. The number of carboxylic acids is 1. The number of aliphatic carboxylic acids is 1. The summed E-state index contributed by atoms with van der Waals surface area (Å²) in [5.41, 5.74) is 7.07. The molecule has 0 radical (unpaired) electrons. The first kappa shape index (κ1) is 23.9. The van der Waals surface area contributed by atoms with Crippen LogP contribution in [-0.2, 0) is 32.0 Å². The summed E-state index contributed by atoms with van der Waals surface area (Å²) >= 11 is 4.09. The molecule has 0 bridgehead atoms. The predicted molar refractivity (Wildman–Crippen MR) is 111 cm³/mol. The van der Waals surface area contributed by atoms with Crippen molar-refractivity contribution in [3.63, 3.8) is 0 Å². The summed E-state index contributed by atoms with van der Waals surface area (Å²) in [4.78, 5) is 61.5. The van der Waals surface area contributed by atoms with Crippen molar-refractivity contribution >= 4 is 36.3 Å². The molecule has 0 aliphatic heterocycles. The Hall–Kier alpha value is -3.39. The maximum atomic E-state index is 12.7. The Balaban J connectivity index is 1.99. The van der Waals surface area contributed by atoms with Crippen molar-refractivity contribution in [2.45, 2.75) is 31.0 Å². The lowest BCUT2D eigenvalue weighted by Crippen LogP contribution is -2.57. The number of carbonyl (C=O) groups is 4. The van der Waals surface area contributed by atoms with E-state index in [1.54, 1.807) is 0 Å². The van der Waals surface area contributed by atoms with Gasteiger partial charge in [0.05, 0.1) is 18.7 Å². The maximum absolute atomic E-state index is 12.7. The van der Waals surface area contributed by atoms with Gasteiger partial charge in [-0.2, -0.15) is 12.6 Å². The molecule has 2 aromatic rings. The fourth-order valence-electron chi connectivity index (χ4n) is 2.58. The monoisotopic (exact) mass is 452 g/mol. The van der Waals surface area contributed by atoms with E-state index in [0.717, 1.165) is 0 Å². The number of carboxylic acid groups (broad SMARTS) is 1. The number of imidazole rings is 2. The molecular weight excluding hydrogens is 428 g/mol. The van der Waals surface area contributed by atoms with Crippen molar-refractivity contribution < 1.29 is 24.3 Å². The molecule has 2 heterocycles. The number of amides is 3. The van der Waals surface area contributed by atoms with E-state index in [2.05, 4.69) is 48.5 Å². The quantitative estimate of drug-likeness (QED) is 0.159. The van der Waals surface area contributed by atoms with E-state index in [0.29, 0.717) is 11.4 Å². The Kier molecular flexibility index (Phi) is 9.02. The van der Waals surface area contributed by atoms with Crippen LogP contribution in [0.5, 0.6) is 0 Å². The molecule has 0 fully saturated rings. The number of carbonyl (C=O) groups excluding carboxylic acids is 3. The van der Waals surface area contributed by atoms with E-state index in [4.69, 9.17) is 10.8 Å². The van der Waals surface area contributed by atoms with Gasteiger partial charge < -0.3 is 36.8 Å². The minimum Gasteiger partial charge on any atom is -0.480 e. The van der Waals surface area contributed by atoms with Crippen LogP contribution in [0.4, 0.5) is 0 Å². The molecule has 3 amide bonds. The summed E-state index contributed by atoms with van der Waals surface area (Å²) in [5, 5.41) is 16.0. The highest BCUT2D eigenvalue weighted by atomic mass is 32.1. The zero-order valence-electron chi connectivity index (χ0n) is 16.4. The number of hydrogen-bond donors (Lipinski definition) is 8. The summed E-state index contributed by atoms with van der Waals surface area (Å²) in [6, 6.07) is -3.11. The van der Waals surface area contributed by atoms with E-state index in [9.17, 15) is 19.2 Å². The van der Waals surface area contributed by atoms with Crippen LogP contribution in [0.1, 0.15) is 11.4 Å². The van der Waals surface area contributed by atoms with Gasteiger partial charge >= 0.3 is 5.97 Å². The number of nitrogens with one attached hydrogen (secondary N) is 5. The lowest BCUT2D eigenvalue weighted by molar-refractivity contribution is -0.138. The van der Waals surface area contributed by atoms with Crippen LogP contribution in [0.3, 0.4) is 0 Å². The Morgan fingerprint density at radius 1 is 0.968 bits per heavy atom. The summed E-state index contributed by atoms with van der Waals surface area (Å²) in [7, 11) is 0. The van der Waals surface area contributed by atoms with E-state index in [1.165, 1.54) is 25.0 Å². The third-order valence-corrected chi connectivity index (χ3v) is 4.54. The third kappa shape index (κ3) is 7.75. The second kappa shape index (κ2) is 11.7. The molecule has 0 aliphatic rings. The lowest BCUT2D eigenvalue weighted by Gasteiger charge is -2.23. The van der Waals surface area contributed by atoms with Crippen LogP contribution < -0.4 is 21.7 Å². The second-order valence-electron chi connectivity index (χ2n) is 6.58. The first-order valence-corrected chi connectivity index (χ1v) is 9.84. The van der Waals surface area contributed by atoms with Crippen LogP contribution >= 0.6 is 12.6 Å². The average molecular weight is 452 g/mol. The molecule has 8 N–H and O–H groups in total. The fourth-order valence-corrected chi connectivity index (χ4v) is 2.84. The van der Waals surface area contributed by atoms with Crippen LogP contribution in [0.15, 0.2) is 25.0 Å². The summed E-state index contributed by atoms with van der Waals surface area (Å²) in [5.74, 6) is -3.24. The van der Waals surface area contributed by atoms with Gasteiger partial charge in [-0.05, 0) is 0 Å². The van der Waals surface area contributed by atoms with Crippen molar-refractivity contribution in [3.05, 3.63) is 36.4 Å². The van der Waals surface area contributed by atoms with E-state index < -0.39 is 48.4 Å². The van der Waals surface area contributed by atoms with E-state index >= 15 is 0 Å². The Labute approximate surface area is 182 Å². The predicted octanol–water partition coefficient (Wildman–Crippen LogP) is -2.65. The van der Waals surface area contributed by atoms with E-state index in [1.807, 2.05) is 0 Å². The van der Waals surface area contributed by atoms with Crippen LogP contribution in [0, 0.1) is 0 Å². The average Bonchev–Trinajstić information content (AvgIpc) is 3.43. The molecule has 0 saturated carbocycles. The van der Waals surface area contributed by atoms with Gasteiger partial charge in [-0.15, -0.1) is 0 Å². The van der Waals surface area contributed by atoms with Gasteiger partial charge in [0.1, 0.15) is 18.6 Å². The number of hydrogen-bond acceptors (Lipinski definition) is 8. The Bertz CT molecular complexity index is 873. The van der Waals surface area contributed by atoms with Crippen LogP contribution in [0.2, 0.25) is 0 Å². The lowest BCUT2D eigenvalue weighted by atomic mass is 10.1. The zero-order valence-corrected chi connectivity index (χ0v) is 17.3. The first-order valence-electron chi connectivity index (χ1n) is 9.21. The van der Waals surface area contributed by atoms with Crippen molar-refractivity contribution in [1.29, 1.82) is 0 Å². The van der Waals surface area contributed by atoms with Crippen LogP contribution in [-0.4, -0.2) is 79.2 Å².